The van der Waals surface area contributed by atoms with Crippen molar-refractivity contribution in [2.24, 2.45) is 5.92 Å². The molecule has 1 heterocycles. The fourth-order valence-corrected chi connectivity index (χ4v) is 3.35. The second-order valence-corrected chi connectivity index (χ2v) is 7.36. The SMILES string of the molecule is Cc1ccccc1C(=O)N1CCc2ccc(CNC(=O)CC(C)C)cc21. The van der Waals surface area contributed by atoms with Crippen LogP contribution in [0.4, 0.5) is 5.69 Å². The van der Waals surface area contributed by atoms with Gasteiger partial charge in [0.1, 0.15) is 0 Å². The molecular weight excluding hydrogens is 324 g/mol. The van der Waals surface area contributed by atoms with E-state index in [-0.39, 0.29) is 11.8 Å². The number of fused-ring (bicyclic) bond motifs is 1. The van der Waals surface area contributed by atoms with Crippen LogP contribution in [0, 0.1) is 12.8 Å². The van der Waals surface area contributed by atoms with E-state index in [4.69, 9.17) is 0 Å². The summed E-state index contributed by atoms with van der Waals surface area (Å²) in [7, 11) is 0. The summed E-state index contributed by atoms with van der Waals surface area (Å²) in [6, 6.07) is 13.8. The summed E-state index contributed by atoms with van der Waals surface area (Å²) in [5.41, 5.74) is 4.91. The van der Waals surface area contributed by atoms with E-state index in [0.717, 1.165) is 28.8 Å². The fraction of sp³-hybridized carbons (Fsp3) is 0.364. The topological polar surface area (TPSA) is 49.4 Å². The van der Waals surface area contributed by atoms with Crippen molar-refractivity contribution in [2.45, 2.75) is 40.2 Å². The third-order valence-corrected chi connectivity index (χ3v) is 4.75. The number of nitrogens with zero attached hydrogens (tertiary/aromatic N) is 1. The van der Waals surface area contributed by atoms with Crippen molar-refractivity contribution >= 4 is 17.5 Å². The van der Waals surface area contributed by atoms with Gasteiger partial charge in [-0.05, 0) is 48.1 Å². The van der Waals surface area contributed by atoms with Gasteiger partial charge in [-0.2, -0.15) is 0 Å². The average molecular weight is 350 g/mol. The lowest BCUT2D eigenvalue weighted by molar-refractivity contribution is -0.121. The molecule has 4 nitrogen and oxygen atoms in total. The molecule has 3 rings (SSSR count). The van der Waals surface area contributed by atoms with Gasteiger partial charge in [0.05, 0.1) is 0 Å². The molecule has 1 N–H and O–H groups in total. The number of anilines is 1. The van der Waals surface area contributed by atoms with Crippen molar-refractivity contribution in [3.05, 3.63) is 64.7 Å². The normalized spacial score (nSPS) is 13.0. The fourth-order valence-electron chi connectivity index (χ4n) is 3.35. The molecule has 0 saturated carbocycles. The molecule has 0 fully saturated rings. The zero-order valence-corrected chi connectivity index (χ0v) is 15.7. The molecule has 0 aliphatic carbocycles. The second kappa shape index (κ2) is 7.73. The quantitative estimate of drug-likeness (QED) is 0.890. The number of carbonyl (C=O) groups is 2. The molecule has 2 aromatic carbocycles. The van der Waals surface area contributed by atoms with Crippen molar-refractivity contribution in [1.82, 2.24) is 5.32 Å². The molecular formula is C22H26N2O2. The van der Waals surface area contributed by atoms with Gasteiger partial charge in [0.2, 0.25) is 5.91 Å². The monoisotopic (exact) mass is 350 g/mol. The summed E-state index contributed by atoms with van der Waals surface area (Å²) < 4.78 is 0. The summed E-state index contributed by atoms with van der Waals surface area (Å²) in [4.78, 5) is 26.7. The molecule has 2 amide bonds. The Kier molecular flexibility index (Phi) is 5.40. The number of hydrogen-bond acceptors (Lipinski definition) is 2. The Bertz CT molecular complexity index is 827. The van der Waals surface area contributed by atoms with Gasteiger partial charge in [0, 0.05) is 30.8 Å². The van der Waals surface area contributed by atoms with E-state index in [1.165, 1.54) is 5.56 Å². The Hall–Kier alpha value is -2.62. The minimum absolute atomic E-state index is 0.0443. The summed E-state index contributed by atoms with van der Waals surface area (Å²) in [5, 5.41) is 2.96. The maximum Gasteiger partial charge on any atom is 0.258 e. The highest BCUT2D eigenvalue weighted by Gasteiger charge is 2.26. The van der Waals surface area contributed by atoms with Crippen LogP contribution in [0.3, 0.4) is 0 Å². The van der Waals surface area contributed by atoms with Crippen LogP contribution in [0.25, 0.3) is 0 Å². The van der Waals surface area contributed by atoms with Crippen molar-refractivity contribution in [3.8, 4) is 0 Å². The van der Waals surface area contributed by atoms with Crippen LogP contribution in [0.1, 0.15) is 47.3 Å². The number of rotatable bonds is 5. The van der Waals surface area contributed by atoms with Crippen LogP contribution in [0.2, 0.25) is 0 Å². The van der Waals surface area contributed by atoms with E-state index in [0.29, 0.717) is 25.4 Å². The van der Waals surface area contributed by atoms with E-state index in [1.807, 2.05) is 62.1 Å². The molecule has 0 aromatic heterocycles. The van der Waals surface area contributed by atoms with Crippen molar-refractivity contribution in [3.63, 3.8) is 0 Å². The summed E-state index contributed by atoms with van der Waals surface area (Å²) in [5.74, 6) is 0.452. The van der Waals surface area contributed by atoms with Gasteiger partial charge in [0.15, 0.2) is 0 Å². The first-order valence-electron chi connectivity index (χ1n) is 9.21. The average Bonchev–Trinajstić information content (AvgIpc) is 3.02. The Morgan fingerprint density at radius 2 is 1.92 bits per heavy atom. The number of amides is 2. The largest absolute Gasteiger partial charge is 0.352 e. The highest BCUT2D eigenvalue weighted by Crippen LogP contribution is 2.31. The number of hydrogen-bond donors (Lipinski definition) is 1. The highest BCUT2D eigenvalue weighted by atomic mass is 16.2. The third kappa shape index (κ3) is 3.96. The highest BCUT2D eigenvalue weighted by molar-refractivity contribution is 6.08. The van der Waals surface area contributed by atoms with Gasteiger partial charge >= 0.3 is 0 Å². The first kappa shape index (κ1) is 18.2. The number of benzene rings is 2. The molecule has 1 aliphatic heterocycles. The smallest absolute Gasteiger partial charge is 0.258 e. The van der Waals surface area contributed by atoms with Crippen molar-refractivity contribution < 1.29 is 9.59 Å². The maximum atomic E-state index is 13.0. The molecule has 0 spiro atoms. The number of aryl methyl sites for hydroxylation is 1. The molecule has 26 heavy (non-hydrogen) atoms. The molecule has 0 unspecified atom stereocenters. The van der Waals surface area contributed by atoms with Gasteiger partial charge < -0.3 is 10.2 Å². The van der Waals surface area contributed by atoms with Gasteiger partial charge in [0.25, 0.3) is 5.91 Å². The lowest BCUT2D eigenvalue weighted by atomic mass is 10.1. The Labute approximate surface area is 155 Å². The summed E-state index contributed by atoms with van der Waals surface area (Å²) in [6.45, 7) is 7.22. The van der Waals surface area contributed by atoms with Gasteiger partial charge in [-0.3, -0.25) is 9.59 Å². The lowest BCUT2D eigenvalue weighted by Gasteiger charge is -2.19. The minimum Gasteiger partial charge on any atom is -0.352 e. The second-order valence-electron chi connectivity index (χ2n) is 7.36. The zero-order valence-electron chi connectivity index (χ0n) is 15.7. The molecule has 4 heteroatoms. The predicted molar refractivity (Wildman–Crippen MR) is 104 cm³/mol. The lowest BCUT2D eigenvalue weighted by Crippen LogP contribution is -2.29. The Morgan fingerprint density at radius 1 is 1.15 bits per heavy atom. The summed E-state index contributed by atoms with van der Waals surface area (Å²) in [6.07, 6.45) is 1.40. The zero-order chi connectivity index (χ0) is 18.7. The van der Waals surface area contributed by atoms with E-state index in [2.05, 4.69) is 11.4 Å². The summed E-state index contributed by atoms with van der Waals surface area (Å²) >= 11 is 0. The van der Waals surface area contributed by atoms with Crippen LogP contribution in [0.5, 0.6) is 0 Å². The van der Waals surface area contributed by atoms with Gasteiger partial charge in [-0.15, -0.1) is 0 Å². The van der Waals surface area contributed by atoms with E-state index >= 15 is 0 Å². The third-order valence-electron chi connectivity index (χ3n) is 4.75. The predicted octanol–water partition coefficient (Wildman–Crippen LogP) is 3.86. The standard InChI is InChI=1S/C22H26N2O2/c1-15(2)12-21(25)23-14-17-8-9-18-10-11-24(20(18)13-17)22(26)19-7-5-4-6-16(19)3/h4-9,13,15H,10-12,14H2,1-3H3,(H,23,25). The van der Waals surface area contributed by atoms with Crippen LogP contribution in [-0.2, 0) is 17.8 Å². The van der Waals surface area contributed by atoms with Gasteiger partial charge in [-0.25, -0.2) is 0 Å². The molecule has 0 radical (unpaired) electrons. The molecule has 0 saturated heterocycles. The molecule has 136 valence electrons. The van der Waals surface area contributed by atoms with Crippen LogP contribution >= 0.6 is 0 Å². The van der Waals surface area contributed by atoms with Gasteiger partial charge in [-0.1, -0.05) is 44.2 Å². The number of nitrogens with one attached hydrogen (secondary N) is 1. The number of carbonyl (C=O) groups excluding carboxylic acids is 2. The first-order valence-corrected chi connectivity index (χ1v) is 9.21. The van der Waals surface area contributed by atoms with E-state index in [1.54, 1.807) is 0 Å². The Balaban J connectivity index is 1.76. The van der Waals surface area contributed by atoms with E-state index < -0.39 is 0 Å². The molecule has 0 bridgehead atoms. The maximum absolute atomic E-state index is 13.0. The van der Waals surface area contributed by atoms with Crippen molar-refractivity contribution in [2.75, 3.05) is 11.4 Å². The minimum atomic E-state index is 0.0443. The van der Waals surface area contributed by atoms with Crippen LogP contribution < -0.4 is 10.2 Å². The Morgan fingerprint density at radius 3 is 2.65 bits per heavy atom. The molecule has 2 aromatic rings. The van der Waals surface area contributed by atoms with E-state index in [9.17, 15) is 9.59 Å². The molecule has 1 aliphatic rings. The van der Waals surface area contributed by atoms with Crippen LogP contribution in [-0.4, -0.2) is 18.4 Å². The first-order chi connectivity index (χ1) is 12.5. The van der Waals surface area contributed by atoms with Crippen LogP contribution in [0.15, 0.2) is 42.5 Å². The molecule has 0 atom stereocenters. The van der Waals surface area contributed by atoms with Crippen molar-refractivity contribution in [1.29, 1.82) is 0 Å².